The van der Waals surface area contributed by atoms with Gasteiger partial charge in [-0.2, -0.15) is 8.42 Å². The topological polar surface area (TPSA) is 69.7 Å². The average Bonchev–Trinajstić information content (AvgIpc) is 2.33. The minimum Gasteiger partial charge on any atom is -0.466 e. The van der Waals surface area contributed by atoms with Gasteiger partial charge in [0.15, 0.2) is 5.75 Å². The highest BCUT2D eigenvalue weighted by Gasteiger charge is 2.16. The zero-order valence-electron chi connectivity index (χ0n) is 11.4. The molecule has 0 N–H and O–H groups in total. The summed E-state index contributed by atoms with van der Waals surface area (Å²) in [4.78, 5) is 11.1. The molecule has 20 heavy (non-hydrogen) atoms. The molecule has 0 radical (unpaired) electrons. The number of hydrogen-bond acceptors (Lipinski definition) is 5. The number of rotatable bonds is 7. The predicted molar refractivity (Wildman–Crippen MR) is 76.5 cm³/mol. The van der Waals surface area contributed by atoms with Gasteiger partial charge in [-0.25, -0.2) is 0 Å². The Morgan fingerprint density at radius 2 is 2.05 bits per heavy atom. The van der Waals surface area contributed by atoms with E-state index in [9.17, 15) is 13.2 Å². The van der Waals surface area contributed by atoms with Crippen molar-refractivity contribution in [2.45, 2.75) is 26.7 Å². The van der Waals surface area contributed by atoms with Crippen LogP contribution >= 0.6 is 11.6 Å². The van der Waals surface area contributed by atoms with Crippen LogP contribution in [0, 0.1) is 6.92 Å². The van der Waals surface area contributed by atoms with Gasteiger partial charge in [-0.05, 0) is 38.0 Å². The molecule has 1 rings (SSSR count). The van der Waals surface area contributed by atoms with Crippen molar-refractivity contribution in [2.24, 2.45) is 0 Å². The smallest absolute Gasteiger partial charge is 0.309 e. The Morgan fingerprint density at radius 1 is 1.35 bits per heavy atom. The first-order valence-electron chi connectivity index (χ1n) is 6.18. The Labute approximate surface area is 124 Å². The first kappa shape index (κ1) is 16.8. The fraction of sp³-hybridized carbons (Fsp3) is 0.462. The van der Waals surface area contributed by atoms with Crippen molar-refractivity contribution in [2.75, 3.05) is 12.4 Å². The normalized spacial score (nSPS) is 11.2. The molecule has 0 aliphatic carbocycles. The molecule has 1 aromatic rings. The quantitative estimate of drug-likeness (QED) is 0.570. The lowest BCUT2D eigenvalue weighted by Gasteiger charge is -2.09. The molecule has 0 spiro atoms. The Morgan fingerprint density at radius 3 is 2.70 bits per heavy atom. The number of carbonyl (C=O) groups excluding carboxylic acids is 1. The van der Waals surface area contributed by atoms with E-state index >= 15 is 0 Å². The second kappa shape index (κ2) is 7.50. The van der Waals surface area contributed by atoms with Crippen molar-refractivity contribution in [1.82, 2.24) is 0 Å². The summed E-state index contributed by atoms with van der Waals surface area (Å²) < 4.78 is 33.2. The van der Waals surface area contributed by atoms with Crippen LogP contribution in [0.2, 0.25) is 5.02 Å². The van der Waals surface area contributed by atoms with Gasteiger partial charge in [0.2, 0.25) is 0 Å². The summed E-state index contributed by atoms with van der Waals surface area (Å²) in [5, 5.41) is 0.226. The van der Waals surface area contributed by atoms with Gasteiger partial charge in [0.1, 0.15) is 0 Å². The lowest BCUT2D eigenvalue weighted by Crippen LogP contribution is -2.15. The van der Waals surface area contributed by atoms with E-state index < -0.39 is 16.1 Å². The van der Waals surface area contributed by atoms with Crippen LogP contribution in [-0.4, -0.2) is 26.7 Å². The zero-order valence-corrected chi connectivity index (χ0v) is 13.0. The maximum atomic E-state index is 11.8. The molecular weight excluding hydrogens is 304 g/mol. The van der Waals surface area contributed by atoms with E-state index in [1.165, 1.54) is 0 Å². The van der Waals surface area contributed by atoms with E-state index in [0.717, 1.165) is 5.56 Å². The van der Waals surface area contributed by atoms with Gasteiger partial charge in [-0.1, -0.05) is 17.7 Å². The summed E-state index contributed by atoms with van der Waals surface area (Å²) >= 11 is 5.86. The summed E-state index contributed by atoms with van der Waals surface area (Å²) in [6.45, 7) is 3.77. The Bertz CT molecular complexity index is 568. The van der Waals surface area contributed by atoms with E-state index in [0.29, 0.717) is 0 Å². The minimum atomic E-state index is -3.78. The van der Waals surface area contributed by atoms with Crippen LogP contribution in [0.4, 0.5) is 0 Å². The number of halogens is 1. The highest BCUT2D eigenvalue weighted by Crippen LogP contribution is 2.26. The molecule has 0 aliphatic rings. The molecular formula is C13H17ClO5S. The third-order valence-electron chi connectivity index (χ3n) is 2.38. The van der Waals surface area contributed by atoms with E-state index in [2.05, 4.69) is 0 Å². The Kier molecular flexibility index (Phi) is 6.29. The van der Waals surface area contributed by atoms with Gasteiger partial charge in [0.25, 0.3) is 0 Å². The van der Waals surface area contributed by atoms with Crippen LogP contribution < -0.4 is 4.18 Å². The predicted octanol–water partition coefficient (Wildman–Crippen LogP) is 2.70. The van der Waals surface area contributed by atoms with Crippen LogP contribution in [0.25, 0.3) is 0 Å². The van der Waals surface area contributed by atoms with Crippen LogP contribution in [0.1, 0.15) is 25.3 Å². The first-order chi connectivity index (χ1) is 9.34. The molecule has 0 fully saturated rings. The highest BCUT2D eigenvalue weighted by molar-refractivity contribution is 7.87. The first-order valence-corrected chi connectivity index (χ1v) is 8.13. The average molecular weight is 321 g/mol. The van der Waals surface area contributed by atoms with E-state index in [-0.39, 0.29) is 36.0 Å². The molecule has 0 atom stereocenters. The van der Waals surface area contributed by atoms with Crippen molar-refractivity contribution >= 4 is 27.7 Å². The lowest BCUT2D eigenvalue weighted by atomic mass is 10.2. The minimum absolute atomic E-state index is 0.0397. The van der Waals surface area contributed by atoms with Crippen LogP contribution in [-0.2, 0) is 19.6 Å². The highest BCUT2D eigenvalue weighted by atomic mass is 35.5. The molecule has 0 aromatic heterocycles. The van der Waals surface area contributed by atoms with Gasteiger partial charge < -0.3 is 8.92 Å². The second-order valence-corrected chi connectivity index (χ2v) is 6.29. The number of carbonyl (C=O) groups is 1. The lowest BCUT2D eigenvalue weighted by molar-refractivity contribution is -0.143. The summed E-state index contributed by atoms with van der Waals surface area (Å²) in [5.41, 5.74) is 0.839. The van der Waals surface area contributed by atoms with Crippen molar-refractivity contribution in [3.63, 3.8) is 0 Å². The van der Waals surface area contributed by atoms with E-state index in [1.807, 2.05) is 0 Å². The Balaban J connectivity index is 2.57. The molecule has 0 unspecified atom stereocenters. The van der Waals surface area contributed by atoms with Gasteiger partial charge in [-0.15, -0.1) is 0 Å². The molecule has 0 saturated carbocycles. The molecule has 0 bridgehead atoms. The standard InChI is InChI=1S/C13H17ClO5S/c1-3-18-13(15)5-4-8-20(16,17)19-12-9-10(2)6-7-11(12)14/h6-7,9H,3-5,8H2,1-2H3. The summed E-state index contributed by atoms with van der Waals surface area (Å²) in [5.74, 6) is -0.588. The van der Waals surface area contributed by atoms with Crippen molar-refractivity contribution in [3.8, 4) is 5.75 Å². The summed E-state index contributed by atoms with van der Waals surface area (Å²) in [6, 6.07) is 4.87. The molecule has 0 heterocycles. The summed E-state index contributed by atoms with van der Waals surface area (Å²) in [7, 11) is -3.78. The van der Waals surface area contributed by atoms with Gasteiger partial charge in [0, 0.05) is 6.42 Å². The fourth-order valence-electron chi connectivity index (χ4n) is 1.48. The number of ether oxygens (including phenoxy) is 1. The number of benzene rings is 1. The maximum absolute atomic E-state index is 11.8. The molecule has 1 aromatic carbocycles. The second-order valence-electron chi connectivity index (χ2n) is 4.19. The molecule has 7 heteroatoms. The fourth-order valence-corrected chi connectivity index (χ4v) is 2.67. The largest absolute Gasteiger partial charge is 0.466 e. The van der Waals surface area contributed by atoms with Crippen molar-refractivity contribution in [3.05, 3.63) is 28.8 Å². The van der Waals surface area contributed by atoms with Crippen LogP contribution in [0.15, 0.2) is 18.2 Å². The van der Waals surface area contributed by atoms with E-state index in [1.54, 1.807) is 32.0 Å². The van der Waals surface area contributed by atoms with Gasteiger partial charge >= 0.3 is 16.1 Å². The number of aryl methyl sites for hydroxylation is 1. The third-order valence-corrected chi connectivity index (χ3v) is 3.92. The SMILES string of the molecule is CCOC(=O)CCCS(=O)(=O)Oc1cc(C)ccc1Cl. The molecule has 0 amide bonds. The monoisotopic (exact) mass is 320 g/mol. The number of esters is 1. The third kappa shape index (κ3) is 5.79. The van der Waals surface area contributed by atoms with Gasteiger partial charge in [0.05, 0.1) is 17.4 Å². The molecule has 0 saturated heterocycles. The zero-order chi connectivity index (χ0) is 15.2. The maximum Gasteiger partial charge on any atom is 0.309 e. The Hall–Kier alpha value is -1.27. The van der Waals surface area contributed by atoms with Crippen molar-refractivity contribution in [1.29, 1.82) is 0 Å². The summed E-state index contributed by atoms with van der Waals surface area (Å²) in [6.07, 6.45) is 0.183. The molecule has 0 aliphatic heterocycles. The molecule has 5 nitrogen and oxygen atoms in total. The van der Waals surface area contributed by atoms with Crippen LogP contribution in [0.5, 0.6) is 5.75 Å². The van der Waals surface area contributed by atoms with Gasteiger partial charge in [-0.3, -0.25) is 4.79 Å². The van der Waals surface area contributed by atoms with E-state index in [4.69, 9.17) is 20.5 Å². The molecule has 112 valence electrons. The van der Waals surface area contributed by atoms with Crippen LogP contribution in [0.3, 0.4) is 0 Å². The number of hydrogen-bond donors (Lipinski definition) is 0. The van der Waals surface area contributed by atoms with Crippen molar-refractivity contribution < 1.29 is 22.1 Å².